The molecule has 1 aromatic heterocycles. The number of thiazole rings is 1. The molecular weight excluding hydrogens is 489 g/mol. The molecule has 1 aliphatic rings. The molecule has 9 heteroatoms. The maximum Gasteiger partial charge on any atom is 0.409 e. The zero-order valence-electron chi connectivity index (χ0n) is 15.8. The maximum atomic E-state index is 11.7. The zero-order valence-corrected chi connectivity index (χ0v) is 19.0. The lowest BCUT2D eigenvalue weighted by molar-refractivity contribution is 0.0963. The van der Waals surface area contributed by atoms with Crippen LogP contribution >= 0.6 is 35.3 Å². The van der Waals surface area contributed by atoms with Gasteiger partial charge in [0, 0.05) is 30.1 Å². The minimum absolute atomic E-state index is 0. The van der Waals surface area contributed by atoms with Crippen LogP contribution in [0, 0.1) is 0 Å². The average molecular weight is 515 g/mol. The Morgan fingerprint density at radius 3 is 2.75 bits per heavy atom. The van der Waals surface area contributed by atoms with Crippen LogP contribution in [0.1, 0.15) is 25.5 Å². The van der Waals surface area contributed by atoms with E-state index in [-0.39, 0.29) is 36.1 Å². The Kier molecular flexibility index (Phi) is 8.97. The van der Waals surface area contributed by atoms with Crippen LogP contribution in [-0.4, -0.2) is 47.7 Å². The largest absolute Gasteiger partial charge is 0.450 e. The second kappa shape index (κ2) is 11.2. The van der Waals surface area contributed by atoms with Crippen LogP contribution in [-0.2, 0) is 11.3 Å². The third kappa shape index (κ3) is 6.33. The quantitative estimate of drug-likeness (QED) is 0.362. The van der Waals surface area contributed by atoms with Gasteiger partial charge in [0.15, 0.2) is 5.96 Å². The van der Waals surface area contributed by atoms with Crippen molar-refractivity contribution in [3.05, 3.63) is 41.4 Å². The van der Waals surface area contributed by atoms with Crippen molar-refractivity contribution in [3.8, 4) is 10.6 Å². The molecule has 152 valence electrons. The van der Waals surface area contributed by atoms with Gasteiger partial charge in [0.2, 0.25) is 0 Å². The molecule has 2 aromatic rings. The average Bonchev–Trinajstić information content (AvgIpc) is 3.17. The zero-order chi connectivity index (χ0) is 19.1. The van der Waals surface area contributed by atoms with Crippen LogP contribution in [0.4, 0.5) is 4.79 Å². The van der Waals surface area contributed by atoms with Gasteiger partial charge in [-0.3, -0.25) is 0 Å². The number of piperidine rings is 1. The van der Waals surface area contributed by atoms with E-state index in [1.54, 1.807) is 16.2 Å². The molecule has 1 aliphatic heterocycles. The number of aliphatic imine (C=N–C) groups is 1. The van der Waals surface area contributed by atoms with Gasteiger partial charge in [-0.05, 0) is 19.8 Å². The van der Waals surface area contributed by atoms with Gasteiger partial charge in [0.1, 0.15) is 5.01 Å². The highest BCUT2D eigenvalue weighted by molar-refractivity contribution is 14.0. The molecule has 3 rings (SSSR count). The number of carbonyl (C=O) groups is 1. The molecule has 7 nitrogen and oxygen atoms in total. The first-order valence-corrected chi connectivity index (χ1v) is 10.0. The third-order valence-corrected chi connectivity index (χ3v) is 5.30. The number of guanidine groups is 1. The van der Waals surface area contributed by atoms with Gasteiger partial charge in [-0.15, -0.1) is 35.3 Å². The molecule has 3 N–H and O–H groups in total. The Hall–Kier alpha value is -1.88. The topological polar surface area (TPSA) is 92.8 Å². The molecule has 1 aromatic carbocycles. The Balaban J connectivity index is 0.00000280. The second-order valence-corrected chi connectivity index (χ2v) is 7.17. The summed E-state index contributed by atoms with van der Waals surface area (Å²) < 4.78 is 5.03. The number of nitrogens with zero attached hydrogens (tertiary/aromatic N) is 3. The van der Waals surface area contributed by atoms with Gasteiger partial charge >= 0.3 is 6.09 Å². The van der Waals surface area contributed by atoms with Gasteiger partial charge in [0.05, 0.1) is 18.8 Å². The van der Waals surface area contributed by atoms with Crippen molar-refractivity contribution in [1.29, 1.82) is 0 Å². The number of hydrogen-bond acceptors (Lipinski definition) is 5. The molecule has 0 unspecified atom stereocenters. The first kappa shape index (κ1) is 22.4. The lowest BCUT2D eigenvalue weighted by Crippen LogP contribution is -2.48. The fourth-order valence-corrected chi connectivity index (χ4v) is 3.75. The van der Waals surface area contributed by atoms with Gasteiger partial charge in [0.25, 0.3) is 0 Å². The summed E-state index contributed by atoms with van der Waals surface area (Å²) in [7, 11) is 0. The number of amides is 1. The fourth-order valence-electron chi connectivity index (χ4n) is 2.94. The number of hydrogen-bond donors (Lipinski definition) is 2. The number of aromatic nitrogens is 1. The number of rotatable bonds is 5. The van der Waals surface area contributed by atoms with Crippen molar-refractivity contribution in [2.75, 3.05) is 19.7 Å². The normalized spacial score (nSPS) is 15.0. The highest BCUT2D eigenvalue weighted by atomic mass is 127. The van der Waals surface area contributed by atoms with Crippen molar-refractivity contribution in [2.45, 2.75) is 32.4 Å². The van der Waals surface area contributed by atoms with E-state index in [9.17, 15) is 4.79 Å². The molecular formula is C19H26IN5O2S. The predicted molar refractivity (Wildman–Crippen MR) is 123 cm³/mol. The van der Waals surface area contributed by atoms with Crippen LogP contribution in [0.25, 0.3) is 10.6 Å². The number of ether oxygens (including phenoxy) is 1. The van der Waals surface area contributed by atoms with Crippen molar-refractivity contribution in [3.63, 3.8) is 0 Å². The van der Waals surface area contributed by atoms with E-state index < -0.39 is 0 Å². The summed E-state index contributed by atoms with van der Waals surface area (Å²) in [5.41, 5.74) is 8.03. The highest BCUT2D eigenvalue weighted by Crippen LogP contribution is 2.23. The number of nitrogens with one attached hydrogen (secondary N) is 1. The van der Waals surface area contributed by atoms with Gasteiger partial charge < -0.3 is 20.7 Å². The van der Waals surface area contributed by atoms with Crippen LogP contribution < -0.4 is 11.1 Å². The highest BCUT2D eigenvalue weighted by Gasteiger charge is 2.23. The van der Waals surface area contributed by atoms with Crippen molar-refractivity contribution >= 4 is 47.4 Å². The molecule has 2 heterocycles. The minimum Gasteiger partial charge on any atom is -0.450 e. The van der Waals surface area contributed by atoms with E-state index in [1.165, 1.54) is 0 Å². The smallest absolute Gasteiger partial charge is 0.409 e. The molecule has 28 heavy (non-hydrogen) atoms. The minimum atomic E-state index is -0.240. The molecule has 0 aliphatic carbocycles. The van der Waals surface area contributed by atoms with E-state index in [1.807, 2.05) is 42.6 Å². The van der Waals surface area contributed by atoms with E-state index in [0.29, 0.717) is 32.2 Å². The van der Waals surface area contributed by atoms with Gasteiger partial charge in [-0.1, -0.05) is 30.3 Å². The number of nitrogens with two attached hydrogens (primary N) is 1. The molecule has 1 saturated heterocycles. The molecule has 1 fully saturated rings. The monoisotopic (exact) mass is 515 g/mol. The van der Waals surface area contributed by atoms with E-state index in [2.05, 4.69) is 15.3 Å². The summed E-state index contributed by atoms with van der Waals surface area (Å²) in [4.78, 5) is 22.5. The summed E-state index contributed by atoms with van der Waals surface area (Å²) in [6, 6.07) is 10.3. The second-order valence-electron chi connectivity index (χ2n) is 6.32. The van der Waals surface area contributed by atoms with Crippen LogP contribution in [0.2, 0.25) is 0 Å². The summed E-state index contributed by atoms with van der Waals surface area (Å²) >= 11 is 1.61. The Bertz CT molecular complexity index is 776. The summed E-state index contributed by atoms with van der Waals surface area (Å²) in [5, 5.41) is 6.24. The van der Waals surface area contributed by atoms with Gasteiger partial charge in [-0.25, -0.2) is 14.8 Å². The molecule has 0 saturated carbocycles. The van der Waals surface area contributed by atoms with Crippen LogP contribution in [0.3, 0.4) is 0 Å². The lowest BCUT2D eigenvalue weighted by Gasteiger charge is -2.31. The summed E-state index contributed by atoms with van der Waals surface area (Å²) in [6.07, 6.45) is 1.41. The Morgan fingerprint density at radius 1 is 1.36 bits per heavy atom. The summed E-state index contributed by atoms with van der Waals surface area (Å²) in [6.45, 7) is 3.99. The standard InChI is InChI=1S/C19H25N5O2S.HI/c1-2-26-19(25)24-10-8-15(9-11-24)23-18(20)21-12-16-13-27-17(22-16)14-6-4-3-5-7-14;/h3-7,13,15H,2,8-12H2,1H3,(H3,20,21,23);1H. The Morgan fingerprint density at radius 2 is 2.07 bits per heavy atom. The van der Waals surface area contributed by atoms with Crippen molar-refractivity contribution in [1.82, 2.24) is 15.2 Å². The van der Waals surface area contributed by atoms with E-state index >= 15 is 0 Å². The molecule has 0 radical (unpaired) electrons. The lowest BCUT2D eigenvalue weighted by atomic mass is 10.1. The number of carbonyl (C=O) groups excluding carboxylic acids is 1. The van der Waals surface area contributed by atoms with Crippen molar-refractivity contribution < 1.29 is 9.53 Å². The number of benzene rings is 1. The molecule has 0 bridgehead atoms. The van der Waals surface area contributed by atoms with Crippen molar-refractivity contribution in [2.24, 2.45) is 10.7 Å². The predicted octanol–water partition coefficient (Wildman–Crippen LogP) is 3.45. The first-order valence-electron chi connectivity index (χ1n) is 9.13. The van der Waals surface area contributed by atoms with E-state index in [4.69, 9.17) is 10.5 Å². The number of halogens is 1. The molecule has 1 amide bonds. The molecule has 0 atom stereocenters. The SMILES string of the molecule is CCOC(=O)N1CCC(NC(N)=NCc2csc(-c3ccccc3)n2)CC1.I. The maximum absolute atomic E-state index is 11.7. The summed E-state index contributed by atoms with van der Waals surface area (Å²) in [5.74, 6) is 0.416. The van der Waals surface area contributed by atoms with E-state index in [0.717, 1.165) is 29.1 Å². The molecule has 0 spiro atoms. The number of likely N-dealkylation sites (tertiary alicyclic amines) is 1. The fraction of sp³-hybridized carbons (Fsp3) is 0.421. The third-order valence-electron chi connectivity index (χ3n) is 4.36. The Labute approximate surface area is 186 Å². The first-order chi connectivity index (χ1) is 13.2. The van der Waals surface area contributed by atoms with Gasteiger partial charge in [-0.2, -0.15) is 0 Å². The van der Waals surface area contributed by atoms with Crippen LogP contribution in [0.5, 0.6) is 0 Å². The van der Waals surface area contributed by atoms with Crippen LogP contribution in [0.15, 0.2) is 40.7 Å².